The molecule has 1 heterocycles. The fraction of sp³-hybridized carbons (Fsp3) is 0.667. The van der Waals surface area contributed by atoms with Crippen molar-refractivity contribution < 1.29 is 5.11 Å². The molecule has 17 heavy (non-hydrogen) atoms. The zero-order chi connectivity index (χ0) is 12.5. The molecule has 0 aliphatic heterocycles. The van der Waals surface area contributed by atoms with Crippen molar-refractivity contribution in [3.05, 3.63) is 12.4 Å². The Balaban J connectivity index is 2.66. The minimum Gasteiger partial charge on any atom is -0.396 e. The fourth-order valence-electron chi connectivity index (χ4n) is 1.57. The van der Waals surface area contributed by atoms with Gasteiger partial charge in [0.2, 0.25) is 0 Å². The van der Waals surface area contributed by atoms with E-state index in [9.17, 15) is 0 Å². The van der Waals surface area contributed by atoms with E-state index in [0.29, 0.717) is 0 Å². The van der Waals surface area contributed by atoms with Gasteiger partial charge in [0.15, 0.2) is 0 Å². The molecule has 0 saturated heterocycles. The Morgan fingerprint density at radius 2 is 2.18 bits per heavy atom. The molecule has 0 aliphatic rings. The third kappa shape index (κ3) is 4.56. The molecule has 0 bridgehead atoms. The van der Waals surface area contributed by atoms with Crippen molar-refractivity contribution >= 4 is 11.6 Å². The fourth-order valence-corrected chi connectivity index (χ4v) is 1.57. The SMILES string of the molecule is CCCNc1cc(N(CC)CCCO)ncn1. The molecular weight excluding hydrogens is 216 g/mol. The lowest BCUT2D eigenvalue weighted by Crippen LogP contribution is -2.25. The van der Waals surface area contributed by atoms with Crippen molar-refractivity contribution in [3.8, 4) is 0 Å². The Kier molecular flexibility index (Phi) is 6.32. The van der Waals surface area contributed by atoms with E-state index in [1.165, 1.54) is 0 Å². The van der Waals surface area contributed by atoms with Crippen LogP contribution >= 0.6 is 0 Å². The Hall–Kier alpha value is -1.36. The Labute approximate surface area is 103 Å². The highest BCUT2D eigenvalue weighted by molar-refractivity contribution is 5.48. The molecule has 1 rings (SSSR count). The second kappa shape index (κ2) is 7.84. The van der Waals surface area contributed by atoms with E-state index in [2.05, 4.69) is 34.0 Å². The minimum atomic E-state index is 0.211. The highest BCUT2D eigenvalue weighted by Gasteiger charge is 2.06. The van der Waals surface area contributed by atoms with Gasteiger partial charge in [-0.25, -0.2) is 9.97 Å². The van der Waals surface area contributed by atoms with Gasteiger partial charge in [-0.2, -0.15) is 0 Å². The van der Waals surface area contributed by atoms with E-state index < -0.39 is 0 Å². The average Bonchev–Trinajstić information content (AvgIpc) is 2.38. The summed E-state index contributed by atoms with van der Waals surface area (Å²) in [6, 6.07) is 1.95. The van der Waals surface area contributed by atoms with Crippen LogP contribution in [0.2, 0.25) is 0 Å². The molecule has 0 fully saturated rings. The summed E-state index contributed by atoms with van der Waals surface area (Å²) in [6.07, 6.45) is 3.41. The van der Waals surface area contributed by atoms with Gasteiger partial charge in [-0.1, -0.05) is 6.92 Å². The molecule has 0 saturated carbocycles. The van der Waals surface area contributed by atoms with Crippen LogP contribution < -0.4 is 10.2 Å². The van der Waals surface area contributed by atoms with Crippen LogP contribution in [0, 0.1) is 0 Å². The Morgan fingerprint density at radius 1 is 1.35 bits per heavy atom. The number of anilines is 2. The van der Waals surface area contributed by atoms with E-state index in [1.807, 2.05) is 6.07 Å². The van der Waals surface area contributed by atoms with Gasteiger partial charge < -0.3 is 15.3 Å². The number of hydrogen-bond acceptors (Lipinski definition) is 5. The molecule has 0 spiro atoms. The van der Waals surface area contributed by atoms with Crippen LogP contribution in [0.25, 0.3) is 0 Å². The molecule has 1 aromatic heterocycles. The van der Waals surface area contributed by atoms with Crippen LogP contribution in [0.1, 0.15) is 26.7 Å². The van der Waals surface area contributed by atoms with Crippen LogP contribution in [0.3, 0.4) is 0 Å². The molecule has 0 amide bonds. The molecule has 0 aromatic carbocycles. The predicted molar refractivity (Wildman–Crippen MR) is 70.4 cm³/mol. The molecule has 0 aliphatic carbocycles. The van der Waals surface area contributed by atoms with Gasteiger partial charge in [0, 0.05) is 32.3 Å². The van der Waals surface area contributed by atoms with E-state index in [0.717, 1.165) is 44.1 Å². The summed E-state index contributed by atoms with van der Waals surface area (Å²) in [5.41, 5.74) is 0. The molecular formula is C12H22N4O. The zero-order valence-corrected chi connectivity index (χ0v) is 10.7. The topological polar surface area (TPSA) is 61.3 Å². The molecule has 5 nitrogen and oxygen atoms in total. The van der Waals surface area contributed by atoms with Crippen molar-refractivity contribution in [1.82, 2.24) is 9.97 Å². The number of aliphatic hydroxyl groups excluding tert-OH is 1. The van der Waals surface area contributed by atoms with E-state index in [4.69, 9.17) is 5.11 Å². The molecule has 0 radical (unpaired) electrons. The van der Waals surface area contributed by atoms with Gasteiger partial charge in [-0.05, 0) is 19.8 Å². The highest BCUT2D eigenvalue weighted by atomic mass is 16.3. The van der Waals surface area contributed by atoms with Crippen molar-refractivity contribution in [1.29, 1.82) is 0 Å². The highest BCUT2D eigenvalue weighted by Crippen LogP contribution is 2.14. The normalized spacial score (nSPS) is 10.3. The van der Waals surface area contributed by atoms with Gasteiger partial charge in [-0.3, -0.25) is 0 Å². The predicted octanol–water partition coefficient (Wildman–Crippen LogP) is 1.51. The van der Waals surface area contributed by atoms with E-state index in [-0.39, 0.29) is 6.61 Å². The summed E-state index contributed by atoms with van der Waals surface area (Å²) in [4.78, 5) is 10.6. The smallest absolute Gasteiger partial charge is 0.134 e. The lowest BCUT2D eigenvalue weighted by atomic mass is 10.3. The van der Waals surface area contributed by atoms with Crippen molar-refractivity contribution in [2.75, 3.05) is 36.5 Å². The first-order valence-electron chi connectivity index (χ1n) is 6.23. The number of nitrogens with one attached hydrogen (secondary N) is 1. The van der Waals surface area contributed by atoms with Crippen molar-refractivity contribution in [3.63, 3.8) is 0 Å². The summed E-state index contributed by atoms with van der Waals surface area (Å²) in [7, 11) is 0. The maximum atomic E-state index is 8.86. The second-order valence-electron chi connectivity index (χ2n) is 3.85. The van der Waals surface area contributed by atoms with Gasteiger partial charge in [-0.15, -0.1) is 0 Å². The largest absolute Gasteiger partial charge is 0.396 e. The number of hydrogen-bond donors (Lipinski definition) is 2. The first-order chi connectivity index (χ1) is 8.31. The van der Waals surface area contributed by atoms with Gasteiger partial charge in [0.1, 0.15) is 18.0 Å². The Bertz CT molecular complexity index is 319. The zero-order valence-electron chi connectivity index (χ0n) is 10.7. The number of aliphatic hydroxyl groups is 1. The van der Waals surface area contributed by atoms with Gasteiger partial charge >= 0.3 is 0 Å². The van der Waals surface area contributed by atoms with Crippen LogP contribution in [-0.2, 0) is 0 Å². The third-order valence-electron chi connectivity index (χ3n) is 2.50. The van der Waals surface area contributed by atoms with Crippen molar-refractivity contribution in [2.45, 2.75) is 26.7 Å². The lowest BCUT2D eigenvalue weighted by Gasteiger charge is -2.21. The van der Waals surface area contributed by atoms with Crippen LogP contribution in [-0.4, -0.2) is 41.3 Å². The first-order valence-corrected chi connectivity index (χ1v) is 6.23. The first kappa shape index (κ1) is 13.7. The summed E-state index contributed by atoms with van der Waals surface area (Å²) < 4.78 is 0. The number of rotatable bonds is 8. The number of nitrogens with zero attached hydrogens (tertiary/aromatic N) is 3. The summed E-state index contributed by atoms with van der Waals surface area (Å²) in [5, 5.41) is 12.1. The van der Waals surface area contributed by atoms with Crippen LogP contribution in [0.5, 0.6) is 0 Å². The maximum absolute atomic E-state index is 8.86. The Morgan fingerprint density at radius 3 is 2.82 bits per heavy atom. The maximum Gasteiger partial charge on any atom is 0.134 e. The quantitative estimate of drug-likeness (QED) is 0.719. The molecule has 5 heteroatoms. The monoisotopic (exact) mass is 238 g/mol. The molecule has 96 valence electrons. The average molecular weight is 238 g/mol. The van der Waals surface area contributed by atoms with Gasteiger partial charge in [0.05, 0.1) is 0 Å². The van der Waals surface area contributed by atoms with E-state index >= 15 is 0 Å². The summed E-state index contributed by atoms with van der Waals surface area (Å²) in [6.45, 7) is 7.02. The number of aromatic nitrogens is 2. The minimum absolute atomic E-state index is 0.211. The van der Waals surface area contributed by atoms with E-state index in [1.54, 1.807) is 6.33 Å². The molecule has 2 N–H and O–H groups in total. The van der Waals surface area contributed by atoms with Gasteiger partial charge in [0.25, 0.3) is 0 Å². The standard InChI is InChI=1S/C12H22N4O/c1-3-6-13-11-9-12(15-10-14-11)16(4-2)7-5-8-17/h9-10,17H,3-8H2,1-2H3,(H,13,14,15). The van der Waals surface area contributed by atoms with Crippen LogP contribution in [0.4, 0.5) is 11.6 Å². The second-order valence-corrected chi connectivity index (χ2v) is 3.85. The molecule has 0 unspecified atom stereocenters. The van der Waals surface area contributed by atoms with Crippen LogP contribution in [0.15, 0.2) is 12.4 Å². The molecule has 1 aromatic rings. The van der Waals surface area contributed by atoms with Crippen molar-refractivity contribution in [2.24, 2.45) is 0 Å². The summed E-state index contributed by atoms with van der Waals surface area (Å²) in [5.74, 6) is 1.77. The lowest BCUT2D eigenvalue weighted by molar-refractivity contribution is 0.289. The molecule has 0 atom stereocenters. The third-order valence-corrected chi connectivity index (χ3v) is 2.50. The summed E-state index contributed by atoms with van der Waals surface area (Å²) >= 11 is 0.